The van der Waals surface area contributed by atoms with Gasteiger partial charge < -0.3 is 15.4 Å². The van der Waals surface area contributed by atoms with E-state index in [2.05, 4.69) is 0 Å². The van der Waals surface area contributed by atoms with Crippen molar-refractivity contribution in [3.05, 3.63) is 34.4 Å². The molecule has 1 unspecified atom stereocenters. The number of ether oxygens (including phenoxy) is 1. The highest BCUT2D eigenvalue weighted by atomic mass is 35.5. The lowest BCUT2D eigenvalue weighted by Crippen LogP contribution is -2.54. The number of non-ortho nitro benzene ring substituents is 1. The molecule has 0 aromatic heterocycles. The predicted molar refractivity (Wildman–Crippen MR) is 88.8 cm³/mol. The summed E-state index contributed by atoms with van der Waals surface area (Å²) >= 11 is 0. The summed E-state index contributed by atoms with van der Waals surface area (Å²) in [6, 6.07) is 5.89. The average Bonchev–Trinajstić information content (AvgIpc) is 2.47. The van der Waals surface area contributed by atoms with E-state index >= 15 is 0 Å². The zero-order valence-corrected chi connectivity index (χ0v) is 14.0. The lowest BCUT2D eigenvalue weighted by atomic mass is 9.80. The largest absolute Gasteiger partial charge is 0.484 e. The summed E-state index contributed by atoms with van der Waals surface area (Å²) in [5.74, 6) is 0.182. The van der Waals surface area contributed by atoms with E-state index in [-0.39, 0.29) is 42.1 Å². The smallest absolute Gasteiger partial charge is 0.273 e. The van der Waals surface area contributed by atoms with Crippen LogP contribution in [0.15, 0.2) is 24.3 Å². The van der Waals surface area contributed by atoms with Crippen LogP contribution in [-0.4, -0.2) is 41.5 Å². The molecule has 1 heterocycles. The van der Waals surface area contributed by atoms with Crippen molar-refractivity contribution in [2.24, 2.45) is 11.1 Å². The lowest BCUT2D eigenvalue weighted by Gasteiger charge is -2.42. The van der Waals surface area contributed by atoms with E-state index in [4.69, 9.17) is 10.5 Å². The topological polar surface area (TPSA) is 98.7 Å². The molecule has 1 amide bonds. The maximum Gasteiger partial charge on any atom is 0.273 e. The fraction of sp³-hybridized carbons (Fsp3) is 0.533. The molecule has 0 radical (unpaired) electrons. The summed E-state index contributed by atoms with van der Waals surface area (Å²) in [5, 5.41) is 10.7. The highest BCUT2D eigenvalue weighted by molar-refractivity contribution is 5.85. The van der Waals surface area contributed by atoms with E-state index in [9.17, 15) is 14.9 Å². The van der Waals surface area contributed by atoms with Crippen molar-refractivity contribution in [3.8, 4) is 5.75 Å². The van der Waals surface area contributed by atoms with Crippen LogP contribution in [-0.2, 0) is 4.79 Å². The molecule has 1 fully saturated rings. The van der Waals surface area contributed by atoms with Crippen molar-refractivity contribution >= 4 is 24.0 Å². The van der Waals surface area contributed by atoms with Crippen molar-refractivity contribution < 1.29 is 14.5 Å². The van der Waals surface area contributed by atoms with Gasteiger partial charge in [0.1, 0.15) is 5.75 Å². The Bertz CT molecular complexity index is 580. The number of carbonyl (C=O) groups is 1. The van der Waals surface area contributed by atoms with Gasteiger partial charge in [0.15, 0.2) is 6.61 Å². The molecule has 0 spiro atoms. The van der Waals surface area contributed by atoms with E-state index < -0.39 is 4.92 Å². The Kier molecular flexibility index (Phi) is 6.35. The second kappa shape index (κ2) is 7.61. The quantitative estimate of drug-likeness (QED) is 0.665. The van der Waals surface area contributed by atoms with Crippen LogP contribution in [0, 0.1) is 15.5 Å². The highest BCUT2D eigenvalue weighted by Gasteiger charge is 2.35. The predicted octanol–water partition coefficient (Wildman–Crippen LogP) is 1.98. The fourth-order valence-corrected chi connectivity index (χ4v) is 2.51. The summed E-state index contributed by atoms with van der Waals surface area (Å²) in [6.07, 6.45) is 0.759. The Morgan fingerprint density at radius 1 is 1.52 bits per heavy atom. The molecule has 1 aliphatic rings. The molecule has 1 aliphatic heterocycles. The maximum atomic E-state index is 12.2. The van der Waals surface area contributed by atoms with Gasteiger partial charge in [0, 0.05) is 25.2 Å². The number of likely N-dealkylation sites (tertiary alicyclic amines) is 1. The van der Waals surface area contributed by atoms with Crippen LogP contribution >= 0.6 is 12.4 Å². The summed E-state index contributed by atoms with van der Waals surface area (Å²) in [7, 11) is 0. The molecule has 2 rings (SSSR count). The Labute approximate surface area is 141 Å². The third-order valence-electron chi connectivity index (χ3n) is 4.06. The number of carbonyl (C=O) groups excluding carboxylic acids is 1. The van der Waals surface area contributed by atoms with Crippen molar-refractivity contribution in [3.63, 3.8) is 0 Å². The van der Waals surface area contributed by atoms with E-state index in [1.807, 2.05) is 13.8 Å². The van der Waals surface area contributed by atoms with E-state index in [1.165, 1.54) is 18.2 Å². The minimum Gasteiger partial charge on any atom is -0.484 e. The summed E-state index contributed by atoms with van der Waals surface area (Å²) < 4.78 is 5.38. The Balaban J connectivity index is 0.00000264. The van der Waals surface area contributed by atoms with Crippen molar-refractivity contribution in [1.29, 1.82) is 0 Å². The summed E-state index contributed by atoms with van der Waals surface area (Å²) in [5.41, 5.74) is 5.87. The number of amides is 1. The van der Waals surface area contributed by atoms with Gasteiger partial charge in [0.2, 0.25) is 0 Å². The first-order valence-electron chi connectivity index (χ1n) is 7.20. The van der Waals surface area contributed by atoms with Gasteiger partial charge >= 0.3 is 0 Å². The molecule has 8 heteroatoms. The number of benzene rings is 1. The number of nitro groups is 1. The second-order valence-corrected chi connectivity index (χ2v) is 6.24. The molecule has 1 atom stereocenters. The fourth-order valence-electron chi connectivity index (χ4n) is 2.51. The number of halogens is 1. The van der Waals surface area contributed by atoms with E-state index in [0.717, 1.165) is 6.42 Å². The molecule has 128 valence electrons. The van der Waals surface area contributed by atoms with Crippen LogP contribution in [0.3, 0.4) is 0 Å². The van der Waals surface area contributed by atoms with Gasteiger partial charge in [-0.15, -0.1) is 12.4 Å². The van der Waals surface area contributed by atoms with E-state index in [0.29, 0.717) is 18.8 Å². The third-order valence-corrected chi connectivity index (χ3v) is 4.06. The number of hydrogen-bond donors (Lipinski definition) is 1. The Morgan fingerprint density at radius 3 is 2.83 bits per heavy atom. The van der Waals surface area contributed by atoms with Crippen LogP contribution in [0.25, 0.3) is 0 Å². The van der Waals surface area contributed by atoms with Gasteiger partial charge in [0.05, 0.1) is 11.0 Å². The first-order valence-corrected chi connectivity index (χ1v) is 7.20. The molecule has 1 aromatic rings. The lowest BCUT2D eigenvalue weighted by molar-refractivity contribution is -0.384. The van der Waals surface area contributed by atoms with Crippen LogP contribution in [0.1, 0.15) is 20.3 Å². The Morgan fingerprint density at radius 2 is 2.22 bits per heavy atom. The van der Waals surface area contributed by atoms with Crippen LogP contribution < -0.4 is 10.5 Å². The Hall–Kier alpha value is -1.86. The van der Waals surface area contributed by atoms with Gasteiger partial charge in [-0.05, 0) is 17.9 Å². The first kappa shape index (κ1) is 19.2. The number of piperidine rings is 1. The molecule has 0 aliphatic carbocycles. The highest BCUT2D eigenvalue weighted by Crippen LogP contribution is 2.27. The molecule has 1 saturated heterocycles. The molecule has 23 heavy (non-hydrogen) atoms. The van der Waals surface area contributed by atoms with Crippen molar-refractivity contribution in [2.45, 2.75) is 26.3 Å². The number of nitrogens with zero attached hydrogens (tertiary/aromatic N) is 2. The number of nitrogens with two attached hydrogens (primary N) is 1. The van der Waals surface area contributed by atoms with Gasteiger partial charge in [-0.3, -0.25) is 14.9 Å². The zero-order valence-electron chi connectivity index (χ0n) is 13.2. The monoisotopic (exact) mass is 343 g/mol. The maximum absolute atomic E-state index is 12.2. The third kappa shape index (κ3) is 4.80. The molecular weight excluding hydrogens is 322 g/mol. The molecule has 0 bridgehead atoms. The van der Waals surface area contributed by atoms with Crippen LogP contribution in [0.2, 0.25) is 0 Å². The molecule has 0 saturated carbocycles. The number of rotatable bonds is 4. The minimum atomic E-state index is -0.497. The van der Waals surface area contributed by atoms with E-state index in [1.54, 1.807) is 11.0 Å². The van der Waals surface area contributed by atoms with Crippen LogP contribution in [0.5, 0.6) is 5.75 Å². The molecule has 2 N–H and O–H groups in total. The standard InChI is InChI=1S/C15H21N3O4.ClH/c1-15(2)10-17(7-6-13(15)16)14(19)9-22-12-5-3-4-11(8-12)18(20)21;/h3-5,8,13H,6-7,9-10,16H2,1-2H3;1H. The average molecular weight is 344 g/mol. The molecule has 7 nitrogen and oxygen atoms in total. The number of nitro benzene ring substituents is 1. The first-order chi connectivity index (χ1) is 10.3. The molecule has 1 aromatic carbocycles. The van der Waals surface area contributed by atoms with Crippen LogP contribution in [0.4, 0.5) is 5.69 Å². The van der Waals surface area contributed by atoms with Gasteiger partial charge in [-0.2, -0.15) is 0 Å². The zero-order chi connectivity index (χ0) is 16.3. The minimum absolute atomic E-state index is 0. The summed E-state index contributed by atoms with van der Waals surface area (Å²) in [4.78, 5) is 24.2. The number of hydrogen-bond acceptors (Lipinski definition) is 5. The summed E-state index contributed by atoms with van der Waals surface area (Å²) in [6.45, 7) is 5.15. The van der Waals surface area contributed by atoms with Gasteiger partial charge in [-0.1, -0.05) is 19.9 Å². The SMILES string of the molecule is CC1(C)CN(C(=O)COc2cccc([N+](=O)[O-])c2)CCC1N.Cl. The normalized spacial score (nSPS) is 19.6. The van der Waals surface area contributed by atoms with Gasteiger partial charge in [-0.25, -0.2) is 0 Å². The van der Waals surface area contributed by atoms with Crippen molar-refractivity contribution in [1.82, 2.24) is 4.90 Å². The second-order valence-electron chi connectivity index (χ2n) is 6.24. The van der Waals surface area contributed by atoms with Crippen molar-refractivity contribution in [2.75, 3.05) is 19.7 Å². The van der Waals surface area contributed by atoms with Gasteiger partial charge in [0.25, 0.3) is 11.6 Å². The molecular formula is C15H22ClN3O4.